The third-order valence-electron chi connectivity index (χ3n) is 1.95. The van der Waals surface area contributed by atoms with Crippen LogP contribution in [0.15, 0.2) is 0 Å². The Morgan fingerprint density at radius 2 is 2.29 bits per heavy atom. The Bertz CT molecular complexity index is 349. The van der Waals surface area contributed by atoms with Crippen molar-refractivity contribution < 1.29 is 4.79 Å². The van der Waals surface area contributed by atoms with Crippen molar-refractivity contribution >= 4 is 29.1 Å². The summed E-state index contributed by atoms with van der Waals surface area (Å²) < 4.78 is 1.60. The van der Waals surface area contributed by atoms with Gasteiger partial charge in [0.25, 0.3) is 0 Å². The third-order valence-corrected chi connectivity index (χ3v) is 3.03. The molecule has 0 saturated heterocycles. The quantitative estimate of drug-likeness (QED) is 0.795. The first-order chi connectivity index (χ1) is 6.56. The van der Waals surface area contributed by atoms with E-state index in [0.29, 0.717) is 17.3 Å². The van der Waals surface area contributed by atoms with Gasteiger partial charge in [0.2, 0.25) is 0 Å². The summed E-state index contributed by atoms with van der Waals surface area (Å²) in [5, 5.41) is 4.72. The van der Waals surface area contributed by atoms with E-state index >= 15 is 0 Å². The summed E-state index contributed by atoms with van der Waals surface area (Å²) in [6, 6.07) is 0. The van der Waals surface area contributed by atoms with Crippen LogP contribution in [0.25, 0.3) is 0 Å². The van der Waals surface area contributed by atoms with Gasteiger partial charge in [0, 0.05) is 19.0 Å². The SMILES string of the molecule is CSCC(=O)Cc1c(C)nn(C)c1Cl. The van der Waals surface area contributed by atoms with Crippen LogP contribution in [0.1, 0.15) is 11.3 Å². The van der Waals surface area contributed by atoms with Crippen molar-refractivity contribution in [2.75, 3.05) is 12.0 Å². The second-order valence-electron chi connectivity index (χ2n) is 3.13. The Morgan fingerprint density at radius 1 is 1.64 bits per heavy atom. The van der Waals surface area contributed by atoms with Crippen LogP contribution < -0.4 is 0 Å². The van der Waals surface area contributed by atoms with Crippen molar-refractivity contribution in [3.05, 3.63) is 16.4 Å². The molecule has 0 aromatic carbocycles. The van der Waals surface area contributed by atoms with E-state index in [1.54, 1.807) is 11.7 Å². The van der Waals surface area contributed by atoms with E-state index in [1.807, 2.05) is 13.2 Å². The molecule has 0 fully saturated rings. The van der Waals surface area contributed by atoms with Crippen LogP contribution in [0.2, 0.25) is 5.15 Å². The summed E-state index contributed by atoms with van der Waals surface area (Å²) in [5.41, 5.74) is 1.69. The van der Waals surface area contributed by atoms with E-state index in [1.165, 1.54) is 11.8 Å². The molecule has 0 spiro atoms. The molecule has 1 aromatic heterocycles. The minimum absolute atomic E-state index is 0.190. The second-order valence-corrected chi connectivity index (χ2v) is 4.35. The van der Waals surface area contributed by atoms with Crippen molar-refractivity contribution in [1.29, 1.82) is 0 Å². The molecule has 3 nitrogen and oxygen atoms in total. The van der Waals surface area contributed by atoms with Crippen LogP contribution >= 0.6 is 23.4 Å². The fourth-order valence-electron chi connectivity index (χ4n) is 1.28. The third kappa shape index (κ3) is 2.51. The Hall–Kier alpha value is -0.480. The number of thioether (sulfide) groups is 1. The fraction of sp³-hybridized carbons (Fsp3) is 0.556. The molecule has 0 bridgehead atoms. The molecule has 14 heavy (non-hydrogen) atoms. The van der Waals surface area contributed by atoms with Gasteiger partial charge in [0.05, 0.1) is 11.4 Å². The lowest BCUT2D eigenvalue weighted by Crippen LogP contribution is -2.06. The topological polar surface area (TPSA) is 34.9 Å². The van der Waals surface area contributed by atoms with Gasteiger partial charge < -0.3 is 0 Å². The smallest absolute Gasteiger partial charge is 0.147 e. The molecule has 1 heterocycles. The highest BCUT2D eigenvalue weighted by Crippen LogP contribution is 2.19. The maximum atomic E-state index is 11.4. The number of ketones is 1. The summed E-state index contributed by atoms with van der Waals surface area (Å²) in [6.07, 6.45) is 2.30. The van der Waals surface area contributed by atoms with Gasteiger partial charge in [-0.25, -0.2) is 0 Å². The monoisotopic (exact) mass is 232 g/mol. The average Bonchev–Trinajstić information content (AvgIpc) is 2.33. The second kappa shape index (κ2) is 4.84. The van der Waals surface area contributed by atoms with Crippen molar-refractivity contribution in [3.63, 3.8) is 0 Å². The lowest BCUT2D eigenvalue weighted by Gasteiger charge is -1.98. The fourth-order valence-corrected chi connectivity index (χ4v) is 1.95. The molecule has 1 aromatic rings. The molecule has 0 radical (unpaired) electrons. The Kier molecular flexibility index (Phi) is 4.01. The maximum absolute atomic E-state index is 11.4. The van der Waals surface area contributed by atoms with E-state index in [-0.39, 0.29) is 5.78 Å². The van der Waals surface area contributed by atoms with E-state index in [9.17, 15) is 4.79 Å². The standard InChI is InChI=1S/C9H13ClN2OS/c1-6-8(4-7(13)5-14-3)9(10)12(2)11-6/h4-5H2,1-3H3. The number of hydrogen-bond acceptors (Lipinski definition) is 3. The van der Waals surface area contributed by atoms with Gasteiger partial charge in [-0.2, -0.15) is 16.9 Å². The van der Waals surface area contributed by atoms with Crippen LogP contribution in [0.5, 0.6) is 0 Å². The van der Waals surface area contributed by atoms with E-state index in [4.69, 9.17) is 11.6 Å². The molecule has 0 atom stereocenters. The van der Waals surface area contributed by atoms with Gasteiger partial charge in [-0.1, -0.05) is 11.6 Å². The largest absolute Gasteiger partial charge is 0.298 e. The molecule has 0 aliphatic heterocycles. The highest BCUT2D eigenvalue weighted by Gasteiger charge is 2.14. The number of aryl methyl sites for hydroxylation is 2. The van der Waals surface area contributed by atoms with Gasteiger partial charge in [-0.15, -0.1) is 0 Å². The molecule has 0 unspecified atom stereocenters. The zero-order valence-corrected chi connectivity index (χ0v) is 10.1. The predicted molar refractivity (Wildman–Crippen MR) is 60.0 cm³/mol. The van der Waals surface area contributed by atoms with Crippen molar-refractivity contribution in [2.24, 2.45) is 7.05 Å². The minimum atomic E-state index is 0.190. The van der Waals surface area contributed by atoms with E-state index in [2.05, 4.69) is 5.10 Å². The molecule has 78 valence electrons. The van der Waals surface area contributed by atoms with E-state index in [0.717, 1.165) is 11.3 Å². The molecular weight excluding hydrogens is 220 g/mol. The number of hydrogen-bond donors (Lipinski definition) is 0. The molecule has 1 rings (SSSR count). The number of rotatable bonds is 4. The molecule has 0 aliphatic rings. The number of carbonyl (C=O) groups excluding carboxylic acids is 1. The Morgan fingerprint density at radius 3 is 2.71 bits per heavy atom. The predicted octanol–water partition coefficient (Wildman–Crippen LogP) is 1.86. The van der Waals surface area contributed by atoms with Crippen LogP contribution in [0, 0.1) is 6.92 Å². The van der Waals surface area contributed by atoms with Crippen molar-refractivity contribution in [1.82, 2.24) is 9.78 Å². The van der Waals surface area contributed by atoms with Gasteiger partial charge in [0.1, 0.15) is 10.9 Å². The molecule has 0 N–H and O–H groups in total. The number of carbonyl (C=O) groups is 1. The van der Waals surface area contributed by atoms with Crippen LogP contribution in [0.4, 0.5) is 0 Å². The van der Waals surface area contributed by atoms with Crippen molar-refractivity contribution in [2.45, 2.75) is 13.3 Å². The van der Waals surface area contributed by atoms with Crippen molar-refractivity contribution in [3.8, 4) is 0 Å². The highest BCUT2D eigenvalue weighted by molar-refractivity contribution is 7.99. The Balaban J connectivity index is 2.81. The molecule has 0 amide bonds. The van der Waals surface area contributed by atoms with E-state index < -0.39 is 0 Å². The summed E-state index contributed by atoms with van der Waals surface area (Å²) in [6.45, 7) is 1.87. The number of halogens is 1. The molecule has 0 aliphatic carbocycles. The summed E-state index contributed by atoms with van der Waals surface area (Å²) in [5.74, 6) is 0.723. The lowest BCUT2D eigenvalue weighted by molar-refractivity contribution is -0.116. The molecular formula is C9H13ClN2OS. The van der Waals surface area contributed by atoms with Gasteiger partial charge in [-0.3, -0.25) is 9.48 Å². The first-order valence-corrected chi connectivity index (χ1v) is 6.02. The summed E-state index contributed by atoms with van der Waals surface area (Å²) in [4.78, 5) is 11.4. The number of Topliss-reactive ketones (excluding diaryl/α,β-unsaturated/α-hetero) is 1. The summed E-state index contributed by atoms with van der Waals surface area (Å²) >= 11 is 7.53. The van der Waals surface area contributed by atoms with Gasteiger partial charge in [-0.05, 0) is 13.2 Å². The zero-order valence-electron chi connectivity index (χ0n) is 8.50. The lowest BCUT2D eigenvalue weighted by atomic mass is 10.1. The molecule has 0 saturated carbocycles. The number of aromatic nitrogens is 2. The number of nitrogens with zero attached hydrogens (tertiary/aromatic N) is 2. The normalized spacial score (nSPS) is 10.6. The van der Waals surface area contributed by atoms with Crippen LogP contribution in [-0.2, 0) is 18.3 Å². The highest BCUT2D eigenvalue weighted by atomic mass is 35.5. The zero-order chi connectivity index (χ0) is 10.7. The maximum Gasteiger partial charge on any atom is 0.147 e. The van der Waals surface area contributed by atoms with Gasteiger partial charge in [0.15, 0.2) is 0 Å². The minimum Gasteiger partial charge on any atom is -0.298 e. The van der Waals surface area contributed by atoms with Crippen LogP contribution in [-0.4, -0.2) is 27.6 Å². The summed E-state index contributed by atoms with van der Waals surface area (Å²) in [7, 11) is 1.78. The first-order valence-electron chi connectivity index (χ1n) is 4.25. The average molecular weight is 233 g/mol. The Labute approximate surface area is 92.8 Å². The van der Waals surface area contributed by atoms with Crippen LogP contribution in [0.3, 0.4) is 0 Å². The first kappa shape index (κ1) is 11.6. The van der Waals surface area contributed by atoms with Gasteiger partial charge >= 0.3 is 0 Å². The molecule has 5 heteroatoms.